The number of Topliss-reactive ketones (excluding diaryl/α,β-unsaturated/α-hetero) is 1. The third-order valence-electron chi connectivity index (χ3n) is 3.15. The second kappa shape index (κ2) is 5.08. The molecular weight excluding hydrogens is 192 g/mol. The molecule has 0 saturated heterocycles. The minimum absolute atomic E-state index is 0.000278. The average molecular weight is 214 g/mol. The standard InChI is InChI=1S/C12H22O3/c1-5-14-9(2)15-11-8-6-7-10(13)12(11,3)4/h9,11H,5-8H2,1-4H3. The van der Waals surface area contributed by atoms with Crippen LogP contribution in [0.1, 0.15) is 47.0 Å². The number of rotatable bonds is 4. The van der Waals surface area contributed by atoms with Gasteiger partial charge in [0.15, 0.2) is 6.29 Å². The van der Waals surface area contributed by atoms with Gasteiger partial charge in [-0.15, -0.1) is 0 Å². The molecule has 15 heavy (non-hydrogen) atoms. The summed E-state index contributed by atoms with van der Waals surface area (Å²) in [5.74, 6) is 0.308. The highest BCUT2D eigenvalue weighted by molar-refractivity contribution is 5.85. The van der Waals surface area contributed by atoms with E-state index in [1.807, 2.05) is 27.7 Å². The lowest BCUT2D eigenvalue weighted by Gasteiger charge is -2.38. The van der Waals surface area contributed by atoms with Crippen LogP contribution in [0.5, 0.6) is 0 Å². The predicted octanol–water partition coefficient (Wildman–Crippen LogP) is 2.53. The second-order valence-corrected chi connectivity index (χ2v) is 4.68. The van der Waals surface area contributed by atoms with Gasteiger partial charge in [0.1, 0.15) is 5.78 Å². The van der Waals surface area contributed by atoms with Crippen LogP contribution in [0.4, 0.5) is 0 Å². The van der Waals surface area contributed by atoms with Crippen LogP contribution in [-0.4, -0.2) is 24.8 Å². The Hall–Kier alpha value is -0.410. The molecule has 3 heteroatoms. The Morgan fingerprint density at radius 3 is 2.80 bits per heavy atom. The molecule has 1 aliphatic carbocycles. The smallest absolute Gasteiger partial charge is 0.155 e. The average Bonchev–Trinajstić information content (AvgIpc) is 2.14. The van der Waals surface area contributed by atoms with Crippen LogP contribution >= 0.6 is 0 Å². The van der Waals surface area contributed by atoms with Crippen LogP contribution in [0, 0.1) is 5.41 Å². The van der Waals surface area contributed by atoms with Crippen molar-refractivity contribution in [1.29, 1.82) is 0 Å². The second-order valence-electron chi connectivity index (χ2n) is 4.68. The van der Waals surface area contributed by atoms with Crippen molar-refractivity contribution in [1.82, 2.24) is 0 Å². The Balaban J connectivity index is 2.56. The van der Waals surface area contributed by atoms with Crippen LogP contribution in [0.15, 0.2) is 0 Å². The maximum Gasteiger partial charge on any atom is 0.155 e. The van der Waals surface area contributed by atoms with Crippen LogP contribution < -0.4 is 0 Å². The van der Waals surface area contributed by atoms with Crippen molar-refractivity contribution in [3.63, 3.8) is 0 Å². The summed E-state index contributed by atoms with van der Waals surface area (Å²) in [7, 11) is 0. The third-order valence-corrected chi connectivity index (χ3v) is 3.15. The molecule has 0 radical (unpaired) electrons. The summed E-state index contributed by atoms with van der Waals surface area (Å²) >= 11 is 0. The van der Waals surface area contributed by atoms with Crippen molar-refractivity contribution in [3.05, 3.63) is 0 Å². The van der Waals surface area contributed by atoms with Crippen molar-refractivity contribution < 1.29 is 14.3 Å². The maximum atomic E-state index is 11.7. The largest absolute Gasteiger partial charge is 0.353 e. The number of carbonyl (C=O) groups is 1. The molecule has 0 amide bonds. The summed E-state index contributed by atoms with van der Waals surface area (Å²) in [4.78, 5) is 11.7. The number of ether oxygens (including phenoxy) is 2. The van der Waals surface area contributed by atoms with E-state index in [0.29, 0.717) is 18.8 Å². The van der Waals surface area contributed by atoms with Gasteiger partial charge in [-0.25, -0.2) is 0 Å². The fraction of sp³-hybridized carbons (Fsp3) is 0.917. The zero-order chi connectivity index (χ0) is 11.5. The van der Waals surface area contributed by atoms with Gasteiger partial charge < -0.3 is 9.47 Å². The summed E-state index contributed by atoms with van der Waals surface area (Å²) in [5.41, 5.74) is -0.358. The fourth-order valence-electron chi connectivity index (χ4n) is 2.05. The fourth-order valence-corrected chi connectivity index (χ4v) is 2.05. The van der Waals surface area contributed by atoms with Crippen LogP contribution in [0.2, 0.25) is 0 Å². The number of carbonyl (C=O) groups excluding carboxylic acids is 1. The molecule has 0 spiro atoms. The summed E-state index contributed by atoms with van der Waals surface area (Å²) in [5, 5.41) is 0. The molecule has 2 unspecified atom stereocenters. The van der Waals surface area contributed by atoms with Crippen molar-refractivity contribution in [2.75, 3.05) is 6.61 Å². The highest BCUT2D eigenvalue weighted by Crippen LogP contribution is 2.35. The Bertz CT molecular complexity index is 223. The molecule has 0 bridgehead atoms. The first kappa shape index (κ1) is 12.7. The molecular formula is C12H22O3. The summed E-state index contributed by atoms with van der Waals surface area (Å²) in [6.07, 6.45) is 2.36. The Kier molecular flexibility index (Phi) is 4.29. The molecule has 0 N–H and O–H groups in total. The highest BCUT2D eigenvalue weighted by atomic mass is 16.7. The zero-order valence-electron chi connectivity index (χ0n) is 10.2. The van der Waals surface area contributed by atoms with E-state index in [2.05, 4.69) is 0 Å². The monoisotopic (exact) mass is 214 g/mol. The van der Waals surface area contributed by atoms with Gasteiger partial charge in [0.2, 0.25) is 0 Å². The van der Waals surface area contributed by atoms with Gasteiger partial charge in [0, 0.05) is 18.4 Å². The van der Waals surface area contributed by atoms with E-state index >= 15 is 0 Å². The molecule has 0 aliphatic heterocycles. The van der Waals surface area contributed by atoms with Gasteiger partial charge in [0.25, 0.3) is 0 Å². The first-order valence-corrected chi connectivity index (χ1v) is 5.78. The minimum atomic E-state index is -0.358. The van der Waals surface area contributed by atoms with E-state index in [1.165, 1.54) is 0 Å². The van der Waals surface area contributed by atoms with Crippen molar-refractivity contribution in [2.24, 2.45) is 5.41 Å². The summed E-state index contributed by atoms with van der Waals surface area (Å²) in [6.45, 7) is 8.41. The lowest BCUT2D eigenvalue weighted by Crippen LogP contribution is -2.44. The van der Waals surface area contributed by atoms with E-state index in [1.54, 1.807) is 0 Å². The maximum absolute atomic E-state index is 11.7. The van der Waals surface area contributed by atoms with Crippen molar-refractivity contribution in [2.45, 2.75) is 59.4 Å². The number of ketones is 1. The molecule has 0 aromatic rings. The van der Waals surface area contributed by atoms with Crippen molar-refractivity contribution in [3.8, 4) is 0 Å². The molecule has 1 rings (SSSR count). The lowest BCUT2D eigenvalue weighted by atomic mass is 9.74. The van der Waals surface area contributed by atoms with Gasteiger partial charge >= 0.3 is 0 Å². The summed E-state index contributed by atoms with van der Waals surface area (Å²) < 4.78 is 11.1. The molecule has 0 aromatic heterocycles. The van der Waals surface area contributed by atoms with E-state index in [0.717, 1.165) is 12.8 Å². The quantitative estimate of drug-likeness (QED) is 0.675. The molecule has 88 valence electrons. The van der Waals surface area contributed by atoms with Crippen LogP contribution in [0.25, 0.3) is 0 Å². The molecule has 0 aromatic carbocycles. The number of hydrogen-bond donors (Lipinski definition) is 0. The van der Waals surface area contributed by atoms with E-state index < -0.39 is 0 Å². The topological polar surface area (TPSA) is 35.5 Å². The first-order valence-electron chi connectivity index (χ1n) is 5.78. The first-order chi connectivity index (χ1) is 6.98. The van der Waals surface area contributed by atoms with E-state index in [-0.39, 0.29) is 17.8 Å². The van der Waals surface area contributed by atoms with Gasteiger partial charge in [-0.2, -0.15) is 0 Å². The van der Waals surface area contributed by atoms with E-state index in [4.69, 9.17) is 9.47 Å². The molecule has 1 saturated carbocycles. The SMILES string of the molecule is CCOC(C)OC1CCCC(=O)C1(C)C. The minimum Gasteiger partial charge on any atom is -0.353 e. The zero-order valence-corrected chi connectivity index (χ0v) is 10.2. The molecule has 1 fully saturated rings. The van der Waals surface area contributed by atoms with Gasteiger partial charge in [-0.05, 0) is 26.7 Å². The normalized spacial score (nSPS) is 27.7. The Morgan fingerprint density at radius 1 is 1.53 bits per heavy atom. The van der Waals surface area contributed by atoms with Crippen LogP contribution in [-0.2, 0) is 14.3 Å². The molecule has 2 atom stereocenters. The molecule has 0 heterocycles. The number of hydrogen-bond acceptors (Lipinski definition) is 3. The highest BCUT2D eigenvalue weighted by Gasteiger charge is 2.40. The summed E-state index contributed by atoms with van der Waals surface area (Å²) in [6, 6.07) is 0. The van der Waals surface area contributed by atoms with Gasteiger partial charge in [-0.1, -0.05) is 13.8 Å². The van der Waals surface area contributed by atoms with Gasteiger partial charge in [-0.3, -0.25) is 4.79 Å². The van der Waals surface area contributed by atoms with Gasteiger partial charge in [0.05, 0.1) is 6.10 Å². The molecule has 3 nitrogen and oxygen atoms in total. The van der Waals surface area contributed by atoms with Crippen LogP contribution in [0.3, 0.4) is 0 Å². The Labute approximate surface area is 92.1 Å². The lowest BCUT2D eigenvalue weighted by molar-refractivity contribution is -0.191. The van der Waals surface area contributed by atoms with Crippen molar-refractivity contribution >= 4 is 5.78 Å². The predicted molar refractivity (Wildman–Crippen MR) is 58.6 cm³/mol. The Morgan fingerprint density at radius 2 is 2.20 bits per heavy atom. The van der Waals surface area contributed by atoms with E-state index in [9.17, 15) is 4.79 Å². The third kappa shape index (κ3) is 3.02. The molecule has 1 aliphatic rings.